The van der Waals surface area contributed by atoms with Gasteiger partial charge in [-0.1, -0.05) is 13.0 Å². The zero-order valence-electron chi connectivity index (χ0n) is 14.1. The van der Waals surface area contributed by atoms with Gasteiger partial charge in [-0.2, -0.15) is 0 Å². The van der Waals surface area contributed by atoms with Crippen molar-refractivity contribution >= 4 is 11.7 Å². The zero-order valence-corrected chi connectivity index (χ0v) is 14.1. The number of amides is 1. The summed E-state index contributed by atoms with van der Waals surface area (Å²) >= 11 is 0. The molecule has 2 rings (SSSR count). The first-order valence-electron chi connectivity index (χ1n) is 8.38. The predicted octanol–water partition coefficient (Wildman–Crippen LogP) is 1.63. The summed E-state index contributed by atoms with van der Waals surface area (Å²) in [6.45, 7) is 12.0. The van der Waals surface area contributed by atoms with Gasteiger partial charge in [0.1, 0.15) is 5.82 Å². The fourth-order valence-electron chi connectivity index (χ4n) is 2.84. The van der Waals surface area contributed by atoms with Crippen LogP contribution in [0.15, 0.2) is 18.2 Å². The molecular formula is C17H28N4O. The highest BCUT2D eigenvalue weighted by atomic mass is 16.2. The topological polar surface area (TPSA) is 39.7 Å². The molecule has 0 radical (unpaired) electrons. The van der Waals surface area contributed by atoms with E-state index >= 15 is 0 Å². The van der Waals surface area contributed by atoms with Crippen LogP contribution in [0.1, 0.15) is 26.5 Å². The number of nitrogens with zero attached hydrogens (tertiary/aromatic N) is 4. The Bertz CT molecular complexity index is 479. The first kappa shape index (κ1) is 16.7. The third-order valence-electron chi connectivity index (χ3n) is 4.33. The molecule has 0 N–H and O–H groups in total. The Balaban J connectivity index is 1.86. The fraction of sp³-hybridized carbons (Fsp3) is 0.647. The highest BCUT2D eigenvalue weighted by Crippen LogP contribution is 2.14. The molecule has 1 aromatic rings. The van der Waals surface area contributed by atoms with Crippen LogP contribution in [-0.4, -0.2) is 66.5 Å². The molecule has 122 valence electrons. The zero-order chi connectivity index (χ0) is 15.9. The standard InChI is InChI=1S/C17H28N4O/c1-4-15-8-7-9-16(18-15)21-12-10-19(11-13-21)14-17(22)20(5-2)6-3/h7-9H,4-6,10-14H2,1-3H3. The third-order valence-corrected chi connectivity index (χ3v) is 4.33. The smallest absolute Gasteiger partial charge is 0.236 e. The van der Waals surface area contributed by atoms with Crippen molar-refractivity contribution in [2.24, 2.45) is 0 Å². The van der Waals surface area contributed by atoms with Gasteiger partial charge in [0, 0.05) is 45.0 Å². The van der Waals surface area contributed by atoms with Crippen LogP contribution >= 0.6 is 0 Å². The number of likely N-dealkylation sites (N-methyl/N-ethyl adjacent to an activating group) is 1. The number of hydrogen-bond acceptors (Lipinski definition) is 4. The summed E-state index contributed by atoms with van der Waals surface area (Å²) in [7, 11) is 0. The molecule has 2 heterocycles. The molecule has 0 unspecified atom stereocenters. The summed E-state index contributed by atoms with van der Waals surface area (Å²) in [5.74, 6) is 1.30. The van der Waals surface area contributed by atoms with E-state index in [2.05, 4.69) is 39.9 Å². The lowest BCUT2D eigenvalue weighted by atomic mass is 10.2. The molecule has 5 heteroatoms. The number of rotatable bonds is 6. The van der Waals surface area contributed by atoms with Crippen molar-refractivity contribution in [2.45, 2.75) is 27.2 Å². The maximum atomic E-state index is 12.2. The minimum Gasteiger partial charge on any atom is -0.354 e. The van der Waals surface area contributed by atoms with Gasteiger partial charge in [-0.25, -0.2) is 4.98 Å². The van der Waals surface area contributed by atoms with Crippen molar-refractivity contribution in [2.75, 3.05) is 50.7 Å². The molecule has 5 nitrogen and oxygen atoms in total. The summed E-state index contributed by atoms with van der Waals surface area (Å²) in [5, 5.41) is 0. The van der Waals surface area contributed by atoms with E-state index in [-0.39, 0.29) is 5.91 Å². The monoisotopic (exact) mass is 304 g/mol. The van der Waals surface area contributed by atoms with E-state index in [4.69, 9.17) is 0 Å². The quantitative estimate of drug-likeness (QED) is 0.801. The summed E-state index contributed by atoms with van der Waals surface area (Å²) in [5.41, 5.74) is 1.14. The van der Waals surface area contributed by atoms with Crippen molar-refractivity contribution in [3.05, 3.63) is 23.9 Å². The van der Waals surface area contributed by atoms with E-state index in [1.165, 1.54) is 0 Å². The van der Waals surface area contributed by atoms with Crippen molar-refractivity contribution in [3.8, 4) is 0 Å². The van der Waals surface area contributed by atoms with Crippen LogP contribution in [0.25, 0.3) is 0 Å². The molecule has 0 bridgehead atoms. The molecule has 1 amide bonds. The largest absolute Gasteiger partial charge is 0.354 e. The third kappa shape index (κ3) is 4.19. The lowest BCUT2D eigenvalue weighted by Gasteiger charge is -2.36. The lowest BCUT2D eigenvalue weighted by Crippen LogP contribution is -2.50. The highest BCUT2D eigenvalue weighted by molar-refractivity contribution is 5.78. The number of pyridine rings is 1. The van der Waals surface area contributed by atoms with Crippen LogP contribution in [-0.2, 0) is 11.2 Å². The minimum absolute atomic E-state index is 0.240. The van der Waals surface area contributed by atoms with Gasteiger partial charge in [0.15, 0.2) is 0 Å². The molecule has 0 aromatic carbocycles. The number of anilines is 1. The molecule has 1 aliphatic heterocycles. The molecule has 1 aromatic heterocycles. The Morgan fingerprint density at radius 3 is 2.41 bits per heavy atom. The predicted molar refractivity (Wildman–Crippen MR) is 90.2 cm³/mol. The van der Waals surface area contributed by atoms with Crippen LogP contribution < -0.4 is 4.90 Å². The first-order valence-corrected chi connectivity index (χ1v) is 8.38. The molecule has 0 aliphatic carbocycles. The average molecular weight is 304 g/mol. The van der Waals surface area contributed by atoms with E-state index in [1.54, 1.807) is 0 Å². The van der Waals surface area contributed by atoms with Crippen LogP contribution in [0.3, 0.4) is 0 Å². The van der Waals surface area contributed by atoms with Crippen molar-refractivity contribution in [1.29, 1.82) is 0 Å². The second kappa shape index (κ2) is 8.13. The Labute approximate surface area is 133 Å². The highest BCUT2D eigenvalue weighted by Gasteiger charge is 2.21. The average Bonchev–Trinajstić information content (AvgIpc) is 2.56. The van der Waals surface area contributed by atoms with Crippen molar-refractivity contribution in [3.63, 3.8) is 0 Å². The van der Waals surface area contributed by atoms with Gasteiger partial charge in [-0.15, -0.1) is 0 Å². The van der Waals surface area contributed by atoms with E-state index in [0.717, 1.165) is 57.2 Å². The van der Waals surface area contributed by atoms with Gasteiger partial charge >= 0.3 is 0 Å². The van der Waals surface area contributed by atoms with Crippen molar-refractivity contribution in [1.82, 2.24) is 14.8 Å². The maximum Gasteiger partial charge on any atom is 0.236 e. The van der Waals surface area contributed by atoms with Crippen LogP contribution in [0.4, 0.5) is 5.82 Å². The second-order valence-electron chi connectivity index (χ2n) is 5.67. The summed E-state index contributed by atoms with van der Waals surface area (Å²) in [6, 6.07) is 6.23. The van der Waals surface area contributed by atoms with Gasteiger partial charge in [-0.3, -0.25) is 9.69 Å². The molecule has 22 heavy (non-hydrogen) atoms. The Kier molecular flexibility index (Phi) is 6.19. The summed E-state index contributed by atoms with van der Waals surface area (Å²) in [6.07, 6.45) is 0.964. The van der Waals surface area contributed by atoms with Crippen LogP contribution in [0.2, 0.25) is 0 Å². The molecule has 1 aliphatic rings. The lowest BCUT2D eigenvalue weighted by molar-refractivity contribution is -0.132. The summed E-state index contributed by atoms with van der Waals surface area (Å²) < 4.78 is 0. The number of piperazine rings is 1. The van der Waals surface area contributed by atoms with Gasteiger partial charge in [0.25, 0.3) is 0 Å². The van der Waals surface area contributed by atoms with Gasteiger partial charge in [0.05, 0.1) is 6.54 Å². The molecule has 0 saturated carbocycles. The van der Waals surface area contributed by atoms with E-state index in [0.29, 0.717) is 6.54 Å². The normalized spacial score (nSPS) is 15.9. The second-order valence-corrected chi connectivity index (χ2v) is 5.67. The van der Waals surface area contributed by atoms with Gasteiger partial charge in [0.2, 0.25) is 5.91 Å². The van der Waals surface area contributed by atoms with E-state index < -0.39 is 0 Å². The van der Waals surface area contributed by atoms with Gasteiger partial charge in [-0.05, 0) is 32.4 Å². The Hall–Kier alpha value is -1.62. The molecule has 0 atom stereocenters. The minimum atomic E-state index is 0.240. The Morgan fingerprint density at radius 1 is 1.14 bits per heavy atom. The SMILES string of the molecule is CCc1cccc(N2CCN(CC(=O)N(CC)CC)CC2)n1. The molecule has 1 saturated heterocycles. The van der Waals surface area contributed by atoms with Crippen LogP contribution in [0, 0.1) is 0 Å². The van der Waals surface area contributed by atoms with Gasteiger partial charge < -0.3 is 9.80 Å². The number of carbonyl (C=O) groups excluding carboxylic acids is 1. The van der Waals surface area contributed by atoms with E-state index in [1.807, 2.05) is 18.7 Å². The van der Waals surface area contributed by atoms with E-state index in [9.17, 15) is 4.79 Å². The number of carbonyl (C=O) groups is 1. The Morgan fingerprint density at radius 2 is 1.82 bits per heavy atom. The van der Waals surface area contributed by atoms with Crippen molar-refractivity contribution < 1.29 is 4.79 Å². The summed E-state index contributed by atoms with van der Waals surface area (Å²) in [4.78, 5) is 23.3. The maximum absolute atomic E-state index is 12.2. The number of aromatic nitrogens is 1. The molecular weight excluding hydrogens is 276 g/mol. The first-order chi connectivity index (χ1) is 10.7. The number of aryl methyl sites for hydroxylation is 1. The molecule has 0 spiro atoms. The fourth-order valence-corrected chi connectivity index (χ4v) is 2.84. The number of hydrogen-bond donors (Lipinski definition) is 0. The molecule has 1 fully saturated rings. The van der Waals surface area contributed by atoms with Crippen LogP contribution in [0.5, 0.6) is 0 Å².